The Hall–Kier alpha value is -1.42. The lowest BCUT2D eigenvalue weighted by molar-refractivity contribution is -0.121. The summed E-state index contributed by atoms with van der Waals surface area (Å²) in [6.07, 6.45) is 7.15. The maximum atomic E-state index is 11.9. The molecule has 0 aromatic carbocycles. The molecule has 1 aliphatic heterocycles. The van der Waals surface area contributed by atoms with E-state index in [0.29, 0.717) is 6.42 Å². The summed E-state index contributed by atoms with van der Waals surface area (Å²) in [7, 11) is 0. The molecule has 0 aliphatic carbocycles. The highest BCUT2D eigenvalue weighted by Crippen LogP contribution is 2.26. The number of nitrogens with zero attached hydrogens (tertiary/aromatic N) is 1. The molecule has 104 valence electrons. The lowest BCUT2D eigenvalue weighted by Gasteiger charge is -2.34. The van der Waals surface area contributed by atoms with E-state index < -0.39 is 0 Å². The van der Waals surface area contributed by atoms with Gasteiger partial charge in [0.25, 0.3) is 0 Å². The highest BCUT2D eigenvalue weighted by Gasteiger charge is 2.26. The van der Waals surface area contributed by atoms with E-state index in [-0.39, 0.29) is 11.3 Å². The van der Waals surface area contributed by atoms with Crippen molar-refractivity contribution in [2.24, 2.45) is 5.41 Å². The number of hydrogen-bond acceptors (Lipinski definition) is 3. The lowest BCUT2D eigenvalue weighted by atomic mass is 9.81. The van der Waals surface area contributed by atoms with E-state index in [0.717, 1.165) is 44.5 Å². The van der Waals surface area contributed by atoms with Crippen LogP contribution in [0.1, 0.15) is 31.7 Å². The average molecular weight is 261 g/mol. The summed E-state index contributed by atoms with van der Waals surface area (Å²) in [4.78, 5) is 15.9. The third-order valence-corrected chi connectivity index (χ3v) is 3.89. The van der Waals surface area contributed by atoms with Gasteiger partial charge in [-0.1, -0.05) is 13.0 Å². The van der Waals surface area contributed by atoms with Crippen LogP contribution in [0.15, 0.2) is 24.5 Å². The van der Waals surface area contributed by atoms with Crippen LogP contribution in [0, 0.1) is 5.41 Å². The summed E-state index contributed by atoms with van der Waals surface area (Å²) >= 11 is 0. The number of carbonyl (C=O) groups excluding carboxylic acids is 1. The number of piperidine rings is 1. The van der Waals surface area contributed by atoms with Gasteiger partial charge in [0, 0.05) is 25.4 Å². The van der Waals surface area contributed by atoms with E-state index in [1.54, 1.807) is 6.20 Å². The van der Waals surface area contributed by atoms with Crippen LogP contribution in [0.5, 0.6) is 0 Å². The van der Waals surface area contributed by atoms with Crippen LogP contribution in [0.3, 0.4) is 0 Å². The Bertz CT molecular complexity index is 399. The van der Waals surface area contributed by atoms with Crippen molar-refractivity contribution in [2.75, 3.05) is 19.6 Å². The smallest absolute Gasteiger partial charge is 0.220 e. The Morgan fingerprint density at radius 2 is 2.26 bits per heavy atom. The molecule has 0 bridgehead atoms. The zero-order valence-corrected chi connectivity index (χ0v) is 11.6. The highest BCUT2D eigenvalue weighted by molar-refractivity contribution is 5.76. The van der Waals surface area contributed by atoms with Gasteiger partial charge in [-0.2, -0.15) is 0 Å². The maximum absolute atomic E-state index is 11.9. The zero-order chi connectivity index (χ0) is 13.6. The summed E-state index contributed by atoms with van der Waals surface area (Å²) in [5, 5.41) is 6.43. The number of pyridine rings is 1. The van der Waals surface area contributed by atoms with Gasteiger partial charge in [-0.3, -0.25) is 9.78 Å². The molecule has 2 rings (SSSR count). The third kappa shape index (κ3) is 4.63. The Balaban J connectivity index is 1.70. The van der Waals surface area contributed by atoms with E-state index in [2.05, 4.69) is 22.5 Å². The number of hydrogen-bond donors (Lipinski definition) is 2. The third-order valence-electron chi connectivity index (χ3n) is 3.89. The highest BCUT2D eigenvalue weighted by atomic mass is 16.1. The molecule has 0 atom stereocenters. The van der Waals surface area contributed by atoms with Crippen molar-refractivity contribution in [3.8, 4) is 0 Å². The maximum Gasteiger partial charge on any atom is 0.220 e. The summed E-state index contributed by atoms with van der Waals surface area (Å²) in [5.74, 6) is 0.142. The first-order valence-electron chi connectivity index (χ1n) is 7.04. The van der Waals surface area contributed by atoms with Gasteiger partial charge in [0.1, 0.15) is 0 Å². The minimum absolute atomic E-state index is 0.142. The molecule has 1 fully saturated rings. The fourth-order valence-electron chi connectivity index (χ4n) is 2.41. The van der Waals surface area contributed by atoms with Crippen LogP contribution in [0.25, 0.3) is 0 Å². The van der Waals surface area contributed by atoms with Crippen LogP contribution in [0.2, 0.25) is 0 Å². The molecule has 0 spiro atoms. The summed E-state index contributed by atoms with van der Waals surface area (Å²) < 4.78 is 0. The fourth-order valence-corrected chi connectivity index (χ4v) is 2.41. The molecule has 2 N–H and O–H groups in total. The fraction of sp³-hybridized carbons (Fsp3) is 0.600. The summed E-state index contributed by atoms with van der Waals surface area (Å²) in [6, 6.07) is 3.91. The molecule has 1 aliphatic rings. The van der Waals surface area contributed by atoms with Crippen molar-refractivity contribution in [3.05, 3.63) is 30.1 Å². The second kappa shape index (κ2) is 6.66. The molecule has 19 heavy (non-hydrogen) atoms. The molecular weight excluding hydrogens is 238 g/mol. The number of aromatic nitrogens is 1. The number of aryl methyl sites for hydroxylation is 1. The molecule has 0 saturated carbocycles. The van der Waals surface area contributed by atoms with Gasteiger partial charge in [0.15, 0.2) is 0 Å². The van der Waals surface area contributed by atoms with Crippen LogP contribution in [-0.4, -0.2) is 30.5 Å². The van der Waals surface area contributed by atoms with E-state index in [4.69, 9.17) is 0 Å². The molecule has 4 nitrogen and oxygen atoms in total. The number of carbonyl (C=O) groups is 1. The molecule has 2 heterocycles. The normalized spacial score (nSPS) is 17.9. The topological polar surface area (TPSA) is 54.0 Å². The van der Waals surface area contributed by atoms with Crippen molar-refractivity contribution in [3.63, 3.8) is 0 Å². The molecule has 4 heteroatoms. The van der Waals surface area contributed by atoms with Gasteiger partial charge in [-0.25, -0.2) is 0 Å². The van der Waals surface area contributed by atoms with Crippen LogP contribution in [-0.2, 0) is 11.2 Å². The average Bonchev–Trinajstić information content (AvgIpc) is 2.45. The molecule has 1 amide bonds. The Morgan fingerprint density at radius 1 is 1.47 bits per heavy atom. The van der Waals surface area contributed by atoms with E-state index in [9.17, 15) is 4.79 Å². The van der Waals surface area contributed by atoms with E-state index in [1.165, 1.54) is 0 Å². The predicted octanol–water partition coefficient (Wildman–Crippen LogP) is 1.52. The molecule has 0 radical (unpaired) electrons. The van der Waals surface area contributed by atoms with Crippen LogP contribution >= 0.6 is 0 Å². The standard InChI is InChI=1S/C15H23N3O/c1-15(6-9-16-10-7-15)12-18-14(19)5-4-13-3-2-8-17-11-13/h2-3,8,11,16H,4-7,9-10,12H2,1H3,(H,18,19). The number of nitrogens with one attached hydrogen (secondary N) is 2. The van der Waals surface area contributed by atoms with Crippen molar-refractivity contribution >= 4 is 5.91 Å². The van der Waals surface area contributed by atoms with Gasteiger partial charge in [0.2, 0.25) is 5.91 Å². The molecule has 1 aromatic rings. The van der Waals surface area contributed by atoms with E-state index >= 15 is 0 Å². The lowest BCUT2D eigenvalue weighted by Crippen LogP contribution is -2.42. The van der Waals surface area contributed by atoms with Crippen LogP contribution in [0.4, 0.5) is 0 Å². The van der Waals surface area contributed by atoms with Crippen molar-refractivity contribution in [1.82, 2.24) is 15.6 Å². The minimum Gasteiger partial charge on any atom is -0.356 e. The first-order valence-corrected chi connectivity index (χ1v) is 7.04. The first kappa shape index (κ1) is 14.0. The van der Waals surface area contributed by atoms with Crippen LogP contribution < -0.4 is 10.6 Å². The second-order valence-corrected chi connectivity index (χ2v) is 5.70. The summed E-state index contributed by atoms with van der Waals surface area (Å²) in [6.45, 7) is 5.17. The molecular formula is C15H23N3O. The molecule has 1 aromatic heterocycles. The summed E-state index contributed by atoms with van der Waals surface area (Å²) in [5.41, 5.74) is 1.38. The van der Waals surface area contributed by atoms with Gasteiger partial charge >= 0.3 is 0 Å². The minimum atomic E-state index is 0.142. The van der Waals surface area contributed by atoms with Crippen molar-refractivity contribution in [2.45, 2.75) is 32.6 Å². The van der Waals surface area contributed by atoms with Crippen molar-refractivity contribution < 1.29 is 4.79 Å². The monoisotopic (exact) mass is 261 g/mol. The van der Waals surface area contributed by atoms with E-state index in [1.807, 2.05) is 18.3 Å². The van der Waals surface area contributed by atoms with Gasteiger partial charge < -0.3 is 10.6 Å². The largest absolute Gasteiger partial charge is 0.356 e. The Labute approximate surface area is 115 Å². The van der Waals surface area contributed by atoms with Gasteiger partial charge in [0.05, 0.1) is 0 Å². The molecule has 0 unspecified atom stereocenters. The Morgan fingerprint density at radius 3 is 2.95 bits per heavy atom. The predicted molar refractivity (Wildman–Crippen MR) is 75.8 cm³/mol. The van der Waals surface area contributed by atoms with Crippen molar-refractivity contribution in [1.29, 1.82) is 0 Å². The van der Waals surface area contributed by atoms with Gasteiger partial charge in [-0.15, -0.1) is 0 Å². The molecule has 1 saturated heterocycles. The second-order valence-electron chi connectivity index (χ2n) is 5.70. The number of rotatable bonds is 5. The SMILES string of the molecule is CC1(CNC(=O)CCc2cccnc2)CCNCC1. The number of amides is 1. The quantitative estimate of drug-likeness (QED) is 0.845. The zero-order valence-electron chi connectivity index (χ0n) is 11.6. The first-order chi connectivity index (χ1) is 9.18. The Kier molecular flexibility index (Phi) is 4.91. The van der Waals surface area contributed by atoms with Gasteiger partial charge in [-0.05, 0) is 49.4 Å².